The molecule has 28 heavy (non-hydrogen) atoms. The molecule has 1 aromatic heterocycles. The van der Waals surface area contributed by atoms with E-state index in [-0.39, 0.29) is 11.7 Å². The van der Waals surface area contributed by atoms with Crippen LogP contribution in [0.1, 0.15) is 22.7 Å². The summed E-state index contributed by atoms with van der Waals surface area (Å²) in [6, 6.07) is 19.4. The van der Waals surface area contributed by atoms with Crippen molar-refractivity contribution in [2.24, 2.45) is 0 Å². The number of hydrogen-bond acceptors (Lipinski definition) is 3. The maximum Gasteiger partial charge on any atom is 0.227 e. The van der Waals surface area contributed by atoms with E-state index in [1.54, 1.807) is 25.4 Å². The molecule has 3 aromatic rings. The van der Waals surface area contributed by atoms with Crippen molar-refractivity contribution in [1.29, 1.82) is 0 Å². The molecule has 1 atom stereocenters. The van der Waals surface area contributed by atoms with Gasteiger partial charge in [-0.25, -0.2) is 4.39 Å². The SMILES string of the molecule is COc1ccccc1CCNC(=O)C(Cc1ccccn1)c1ccc(F)cc1. The van der Waals surface area contributed by atoms with Crippen molar-refractivity contribution in [2.75, 3.05) is 13.7 Å². The zero-order valence-corrected chi connectivity index (χ0v) is 15.8. The summed E-state index contributed by atoms with van der Waals surface area (Å²) in [5.41, 5.74) is 2.62. The van der Waals surface area contributed by atoms with Crippen LogP contribution in [0.5, 0.6) is 5.75 Å². The summed E-state index contributed by atoms with van der Waals surface area (Å²) in [5.74, 6) is -0.0578. The molecule has 1 unspecified atom stereocenters. The van der Waals surface area contributed by atoms with Crippen molar-refractivity contribution < 1.29 is 13.9 Å². The molecule has 144 valence electrons. The minimum Gasteiger partial charge on any atom is -0.496 e. The molecule has 2 aromatic carbocycles. The van der Waals surface area contributed by atoms with E-state index in [1.807, 2.05) is 42.5 Å². The van der Waals surface area contributed by atoms with Crippen LogP contribution in [0.4, 0.5) is 4.39 Å². The molecule has 0 aliphatic heterocycles. The highest BCUT2D eigenvalue weighted by Gasteiger charge is 2.21. The van der Waals surface area contributed by atoms with Gasteiger partial charge in [0.1, 0.15) is 11.6 Å². The van der Waals surface area contributed by atoms with E-state index in [9.17, 15) is 9.18 Å². The fourth-order valence-corrected chi connectivity index (χ4v) is 3.14. The number of hydrogen-bond donors (Lipinski definition) is 1. The third kappa shape index (κ3) is 5.16. The van der Waals surface area contributed by atoms with Crippen molar-refractivity contribution in [1.82, 2.24) is 10.3 Å². The fraction of sp³-hybridized carbons (Fsp3) is 0.217. The highest BCUT2D eigenvalue weighted by atomic mass is 19.1. The predicted molar refractivity (Wildman–Crippen MR) is 107 cm³/mol. The number of halogens is 1. The average molecular weight is 378 g/mol. The van der Waals surface area contributed by atoms with Crippen molar-refractivity contribution in [3.8, 4) is 5.75 Å². The lowest BCUT2D eigenvalue weighted by Crippen LogP contribution is -2.32. The summed E-state index contributed by atoms with van der Waals surface area (Å²) in [4.78, 5) is 17.2. The number of nitrogens with one attached hydrogen (secondary N) is 1. The van der Waals surface area contributed by atoms with Crippen molar-refractivity contribution in [2.45, 2.75) is 18.8 Å². The Hall–Kier alpha value is -3.21. The number of ether oxygens (including phenoxy) is 1. The minimum atomic E-state index is -0.437. The van der Waals surface area contributed by atoms with Gasteiger partial charge in [0.15, 0.2) is 0 Å². The highest BCUT2D eigenvalue weighted by Crippen LogP contribution is 2.22. The quantitative estimate of drug-likeness (QED) is 0.646. The van der Waals surface area contributed by atoms with E-state index in [2.05, 4.69) is 10.3 Å². The first-order valence-electron chi connectivity index (χ1n) is 9.22. The molecule has 1 heterocycles. The van der Waals surface area contributed by atoms with E-state index >= 15 is 0 Å². The smallest absolute Gasteiger partial charge is 0.227 e. The Labute approximate surface area is 164 Å². The highest BCUT2D eigenvalue weighted by molar-refractivity contribution is 5.84. The molecule has 5 heteroatoms. The first kappa shape index (κ1) is 19.5. The topological polar surface area (TPSA) is 51.2 Å². The van der Waals surface area contributed by atoms with Crippen LogP contribution in [0.25, 0.3) is 0 Å². The Kier molecular flexibility index (Phi) is 6.73. The fourth-order valence-electron chi connectivity index (χ4n) is 3.14. The van der Waals surface area contributed by atoms with Gasteiger partial charge in [-0.15, -0.1) is 0 Å². The summed E-state index contributed by atoms with van der Waals surface area (Å²) >= 11 is 0. The van der Waals surface area contributed by atoms with Crippen LogP contribution in [-0.2, 0) is 17.6 Å². The van der Waals surface area contributed by atoms with E-state index in [1.165, 1.54) is 12.1 Å². The molecule has 0 aliphatic carbocycles. The molecule has 1 N–H and O–H groups in total. The number of nitrogens with zero attached hydrogens (tertiary/aromatic N) is 1. The molecular weight excluding hydrogens is 355 g/mol. The molecule has 0 spiro atoms. The lowest BCUT2D eigenvalue weighted by molar-refractivity contribution is -0.122. The summed E-state index contributed by atoms with van der Waals surface area (Å²) < 4.78 is 18.7. The molecule has 0 saturated heterocycles. The lowest BCUT2D eigenvalue weighted by Gasteiger charge is -2.17. The zero-order chi connectivity index (χ0) is 19.8. The summed E-state index contributed by atoms with van der Waals surface area (Å²) in [6.45, 7) is 0.485. The second-order valence-electron chi connectivity index (χ2n) is 6.48. The van der Waals surface area contributed by atoms with E-state index in [0.717, 1.165) is 22.6 Å². The minimum absolute atomic E-state index is 0.104. The van der Waals surface area contributed by atoms with E-state index in [4.69, 9.17) is 4.74 Å². The number of carbonyl (C=O) groups is 1. The van der Waals surface area contributed by atoms with Crippen LogP contribution in [-0.4, -0.2) is 24.5 Å². The van der Waals surface area contributed by atoms with Gasteiger partial charge in [-0.05, 0) is 47.9 Å². The van der Waals surface area contributed by atoms with Gasteiger partial charge in [0, 0.05) is 24.9 Å². The molecule has 0 saturated carbocycles. The summed E-state index contributed by atoms with van der Waals surface area (Å²) in [5, 5.41) is 3.00. The molecule has 0 aliphatic rings. The number of methoxy groups -OCH3 is 1. The third-order valence-corrected chi connectivity index (χ3v) is 4.61. The lowest BCUT2D eigenvalue weighted by atomic mass is 9.93. The van der Waals surface area contributed by atoms with Gasteiger partial charge in [-0.3, -0.25) is 9.78 Å². The summed E-state index contributed by atoms with van der Waals surface area (Å²) in [6.07, 6.45) is 2.82. The third-order valence-electron chi connectivity index (χ3n) is 4.61. The number of benzene rings is 2. The van der Waals surface area contributed by atoms with Gasteiger partial charge >= 0.3 is 0 Å². The maximum atomic E-state index is 13.3. The normalized spacial score (nSPS) is 11.6. The van der Waals surface area contributed by atoms with E-state index < -0.39 is 5.92 Å². The Morgan fingerprint density at radius 1 is 1.07 bits per heavy atom. The van der Waals surface area contributed by atoms with Gasteiger partial charge in [-0.1, -0.05) is 36.4 Å². The van der Waals surface area contributed by atoms with Crippen LogP contribution in [0.15, 0.2) is 72.9 Å². The number of aromatic nitrogens is 1. The number of rotatable bonds is 8. The summed E-state index contributed by atoms with van der Waals surface area (Å²) in [7, 11) is 1.63. The molecule has 1 amide bonds. The first-order chi connectivity index (χ1) is 13.7. The molecule has 0 radical (unpaired) electrons. The van der Waals surface area contributed by atoms with Gasteiger partial charge in [0.25, 0.3) is 0 Å². The standard InChI is InChI=1S/C23H23FN2O2/c1-28-22-8-3-2-6-18(22)13-15-26-23(27)21(16-20-7-4-5-14-25-20)17-9-11-19(24)12-10-17/h2-12,14,21H,13,15-16H2,1H3,(H,26,27). The van der Waals surface area contributed by atoms with Crippen LogP contribution < -0.4 is 10.1 Å². The maximum absolute atomic E-state index is 13.3. The van der Waals surface area contributed by atoms with Crippen molar-refractivity contribution in [3.63, 3.8) is 0 Å². The number of para-hydroxylation sites is 1. The molecule has 3 rings (SSSR count). The van der Waals surface area contributed by atoms with Crippen LogP contribution in [0.2, 0.25) is 0 Å². The van der Waals surface area contributed by atoms with Crippen LogP contribution in [0, 0.1) is 5.82 Å². The Morgan fingerprint density at radius 2 is 1.82 bits per heavy atom. The molecular formula is C23H23FN2O2. The molecule has 4 nitrogen and oxygen atoms in total. The Balaban J connectivity index is 1.70. The second-order valence-corrected chi connectivity index (χ2v) is 6.48. The average Bonchev–Trinajstić information content (AvgIpc) is 2.74. The monoisotopic (exact) mass is 378 g/mol. The van der Waals surface area contributed by atoms with Crippen LogP contribution >= 0.6 is 0 Å². The second kappa shape index (κ2) is 9.65. The number of pyridine rings is 1. The van der Waals surface area contributed by atoms with Gasteiger partial charge in [-0.2, -0.15) is 0 Å². The predicted octanol–water partition coefficient (Wildman–Crippen LogP) is 3.91. The van der Waals surface area contributed by atoms with E-state index in [0.29, 0.717) is 19.4 Å². The number of carbonyl (C=O) groups excluding carboxylic acids is 1. The Morgan fingerprint density at radius 3 is 2.54 bits per heavy atom. The van der Waals surface area contributed by atoms with Gasteiger partial charge in [0.05, 0.1) is 13.0 Å². The van der Waals surface area contributed by atoms with Crippen molar-refractivity contribution >= 4 is 5.91 Å². The number of amides is 1. The van der Waals surface area contributed by atoms with Crippen molar-refractivity contribution in [3.05, 3.63) is 95.6 Å². The largest absolute Gasteiger partial charge is 0.496 e. The zero-order valence-electron chi connectivity index (χ0n) is 15.8. The molecule has 0 bridgehead atoms. The first-order valence-corrected chi connectivity index (χ1v) is 9.22. The van der Waals surface area contributed by atoms with Gasteiger partial charge < -0.3 is 10.1 Å². The van der Waals surface area contributed by atoms with Gasteiger partial charge in [0.2, 0.25) is 5.91 Å². The molecule has 0 fully saturated rings. The van der Waals surface area contributed by atoms with Crippen LogP contribution in [0.3, 0.4) is 0 Å². The Bertz CT molecular complexity index is 898.